The van der Waals surface area contributed by atoms with Crippen molar-refractivity contribution < 1.29 is 9.53 Å². The smallest absolute Gasteiger partial charge is 0.326 e. The van der Waals surface area contributed by atoms with Gasteiger partial charge in [-0.05, 0) is 70.5 Å². The van der Waals surface area contributed by atoms with E-state index in [1.54, 1.807) is 7.11 Å². The number of imidazole rings is 1. The number of amides is 1. The van der Waals surface area contributed by atoms with Gasteiger partial charge in [-0.15, -0.1) is 0 Å². The summed E-state index contributed by atoms with van der Waals surface area (Å²) in [6, 6.07) is 11.8. The SMILES string of the molecule is COc1cc(NC(=O)[C@H]2CC[C@@H](n3c(=O)[nH]c4c(NCCN(C)C)cccc43)CC2)ccc1C. The van der Waals surface area contributed by atoms with Gasteiger partial charge in [0.25, 0.3) is 0 Å². The van der Waals surface area contributed by atoms with Gasteiger partial charge in [-0.3, -0.25) is 9.36 Å². The molecule has 4 rings (SSSR count). The number of H-pyrrole nitrogens is 1. The van der Waals surface area contributed by atoms with E-state index < -0.39 is 0 Å². The third-order valence-electron chi connectivity index (χ3n) is 6.74. The van der Waals surface area contributed by atoms with Crippen LogP contribution < -0.4 is 21.1 Å². The zero-order chi connectivity index (χ0) is 24.2. The van der Waals surface area contributed by atoms with Crippen molar-refractivity contribution >= 4 is 28.3 Å². The van der Waals surface area contributed by atoms with Crippen LogP contribution in [0, 0.1) is 12.8 Å². The molecule has 0 radical (unpaired) electrons. The van der Waals surface area contributed by atoms with Crippen molar-refractivity contribution in [2.75, 3.05) is 44.9 Å². The third-order valence-corrected chi connectivity index (χ3v) is 6.74. The number of hydrogen-bond acceptors (Lipinski definition) is 5. The van der Waals surface area contributed by atoms with Crippen molar-refractivity contribution in [2.45, 2.75) is 38.6 Å². The van der Waals surface area contributed by atoms with Gasteiger partial charge >= 0.3 is 5.69 Å². The number of ether oxygens (including phenoxy) is 1. The van der Waals surface area contributed by atoms with Gasteiger partial charge in [-0.25, -0.2) is 4.79 Å². The highest BCUT2D eigenvalue weighted by molar-refractivity contribution is 5.93. The van der Waals surface area contributed by atoms with Crippen LogP contribution in [0.15, 0.2) is 41.2 Å². The average Bonchev–Trinajstić information content (AvgIpc) is 3.16. The number of para-hydroxylation sites is 1. The summed E-state index contributed by atoms with van der Waals surface area (Å²) in [4.78, 5) is 30.9. The van der Waals surface area contributed by atoms with Crippen LogP contribution in [0.4, 0.5) is 11.4 Å². The summed E-state index contributed by atoms with van der Waals surface area (Å²) in [5.74, 6) is 0.728. The molecule has 1 aromatic heterocycles. The van der Waals surface area contributed by atoms with Crippen LogP contribution in [0.1, 0.15) is 37.3 Å². The Morgan fingerprint density at radius 2 is 1.94 bits per heavy atom. The van der Waals surface area contributed by atoms with Gasteiger partial charge in [0.05, 0.1) is 23.8 Å². The molecule has 1 amide bonds. The number of benzene rings is 2. The number of likely N-dealkylation sites (N-methyl/N-ethyl adjacent to an activating group) is 1. The summed E-state index contributed by atoms with van der Waals surface area (Å²) in [6.07, 6.45) is 3.08. The molecule has 3 N–H and O–H groups in total. The Bertz CT molecular complexity index is 1200. The van der Waals surface area contributed by atoms with Gasteiger partial charge in [0.15, 0.2) is 0 Å². The Morgan fingerprint density at radius 3 is 2.65 bits per heavy atom. The lowest BCUT2D eigenvalue weighted by Gasteiger charge is -2.28. The highest BCUT2D eigenvalue weighted by Gasteiger charge is 2.29. The second-order valence-electron chi connectivity index (χ2n) is 9.41. The third kappa shape index (κ3) is 5.12. The van der Waals surface area contributed by atoms with E-state index in [1.165, 1.54) is 0 Å². The van der Waals surface area contributed by atoms with Crippen molar-refractivity contribution in [3.63, 3.8) is 0 Å². The Hall–Kier alpha value is -3.26. The maximum atomic E-state index is 12.9. The van der Waals surface area contributed by atoms with Gasteiger partial charge < -0.3 is 25.3 Å². The molecule has 3 aromatic rings. The van der Waals surface area contributed by atoms with Crippen molar-refractivity contribution in [3.05, 3.63) is 52.4 Å². The summed E-state index contributed by atoms with van der Waals surface area (Å²) in [5, 5.41) is 6.47. The maximum absolute atomic E-state index is 12.9. The lowest BCUT2D eigenvalue weighted by Crippen LogP contribution is -2.31. The molecule has 8 nitrogen and oxygen atoms in total. The number of aryl methyl sites for hydroxylation is 1. The van der Waals surface area contributed by atoms with Crippen LogP contribution >= 0.6 is 0 Å². The second kappa shape index (κ2) is 10.3. The molecule has 0 aliphatic heterocycles. The number of carbonyl (C=O) groups excluding carboxylic acids is 1. The molecule has 0 atom stereocenters. The van der Waals surface area contributed by atoms with Gasteiger partial charge in [0.2, 0.25) is 5.91 Å². The molecule has 0 spiro atoms. The number of fused-ring (bicyclic) bond motifs is 1. The number of hydrogen-bond donors (Lipinski definition) is 3. The predicted octanol–water partition coefficient (Wildman–Crippen LogP) is 3.99. The molecule has 8 heteroatoms. The zero-order valence-electron chi connectivity index (χ0n) is 20.5. The number of nitrogens with one attached hydrogen (secondary N) is 3. The number of anilines is 2. The summed E-state index contributed by atoms with van der Waals surface area (Å²) in [6.45, 7) is 3.68. The highest BCUT2D eigenvalue weighted by atomic mass is 16.5. The van der Waals surface area contributed by atoms with Crippen molar-refractivity contribution in [1.29, 1.82) is 0 Å². The number of aromatic amines is 1. The number of rotatable bonds is 8. The van der Waals surface area contributed by atoms with E-state index >= 15 is 0 Å². The fraction of sp³-hybridized carbons (Fsp3) is 0.462. The molecule has 182 valence electrons. The summed E-state index contributed by atoms with van der Waals surface area (Å²) in [7, 11) is 5.70. The maximum Gasteiger partial charge on any atom is 0.326 e. The molecule has 0 unspecified atom stereocenters. The average molecular weight is 466 g/mol. The van der Waals surface area contributed by atoms with Crippen LogP contribution in [0.3, 0.4) is 0 Å². The Kier molecular flexibility index (Phi) is 7.26. The van der Waals surface area contributed by atoms with E-state index in [2.05, 4.69) is 20.5 Å². The monoisotopic (exact) mass is 465 g/mol. The molecule has 1 fully saturated rings. The fourth-order valence-corrected chi connectivity index (χ4v) is 4.81. The van der Waals surface area contributed by atoms with E-state index in [4.69, 9.17) is 4.74 Å². The molecular formula is C26H35N5O3. The van der Waals surface area contributed by atoms with Crippen LogP contribution in [0.25, 0.3) is 11.0 Å². The topological polar surface area (TPSA) is 91.4 Å². The van der Waals surface area contributed by atoms with Crippen LogP contribution in [-0.4, -0.2) is 54.7 Å². The van der Waals surface area contributed by atoms with E-state index in [1.807, 2.05) is 62.0 Å². The number of methoxy groups -OCH3 is 1. The van der Waals surface area contributed by atoms with Crippen molar-refractivity contribution in [2.24, 2.45) is 5.92 Å². The highest BCUT2D eigenvalue weighted by Crippen LogP contribution is 2.35. The van der Waals surface area contributed by atoms with E-state index in [0.29, 0.717) is 0 Å². The molecule has 0 saturated heterocycles. The van der Waals surface area contributed by atoms with E-state index in [9.17, 15) is 9.59 Å². The van der Waals surface area contributed by atoms with Gasteiger partial charge in [0, 0.05) is 36.8 Å². The lowest BCUT2D eigenvalue weighted by atomic mass is 9.85. The lowest BCUT2D eigenvalue weighted by molar-refractivity contribution is -0.121. The van der Waals surface area contributed by atoms with Gasteiger partial charge in [0.1, 0.15) is 5.75 Å². The molecule has 2 aromatic carbocycles. The molecule has 34 heavy (non-hydrogen) atoms. The zero-order valence-corrected chi connectivity index (χ0v) is 20.5. The predicted molar refractivity (Wildman–Crippen MR) is 137 cm³/mol. The quantitative estimate of drug-likeness (QED) is 0.468. The van der Waals surface area contributed by atoms with Gasteiger partial charge in [-0.1, -0.05) is 12.1 Å². The molecule has 0 bridgehead atoms. The molecule has 1 aliphatic carbocycles. The first kappa shape index (κ1) is 23.9. The number of carbonyl (C=O) groups is 1. The van der Waals surface area contributed by atoms with Crippen LogP contribution in [-0.2, 0) is 4.79 Å². The first-order chi connectivity index (χ1) is 16.4. The Balaban J connectivity index is 1.43. The minimum atomic E-state index is -0.0866. The van der Waals surface area contributed by atoms with Crippen molar-refractivity contribution in [1.82, 2.24) is 14.5 Å². The fourth-order valence-electron chi connectivity index (χ4n) is 4.81. The van der Waals surface area contributed by atoms with Crippen molar-refractivity contribution in [3.8, 4) is 5.75 Å². The molecule has 1 heterocycles. The minimum Gasteiger partial charge on any atom is -0.496 e. The first-order valence-electron chi connectivity index (χ1n) is 11.9. The van der Waals surface area contributed by atoms with Crippen LogP contribution in [0.2, 0.25) is 0 Å². The molecule has 1 saturated carbocycles. The standard InChI is InChI=1S/C26H35N5O3/c1-17-8-11-19(16-23(17)34-4)28-25(32)18-9-12-20(13-10-18)31-22-7-5-6-21(24(22)29-26(31)33)27-14-15-30(2)3/h5-8,11,16,18,20,27H,9-10,12-15H2,1-4H3,(H,28,32)(H,29,33)/t18-,20+. The van der Waals surface area contributed by atoms with E-state index in [0.717, 1.165) is 72.5 Å². The summed E-state index contributed by atoms with van der Waals surface area (Å²) in [5.41, 5.74) is 4.39. The van der Waals surface area contributed by atoms with E-state index in [-0.39, 0.29) is 23.6 Å². The Morgan fingerprint density at radius 1 is 1.18 bits per heavy atom. The Labute approximate surface area is 200 Å². The largest absolute Gasteiger partial charge is 0.496 e. The second-order valence-corrected chi connectivity index (χ2v) is 9.41. The minimum absolute atomic E-state index is 0.0306. The normalized spacial score (nSPS) is 18.3. The number of aromatic nitrogens is 2. The summed E-state index contributed by atoms with van der Waals surface area (Å²) >= 11 is 0. The summed E-state index contributed by atoms with van der Waals surface area (Å²) < 4.78 is 7.24. The molecular weight excluding hydrogens is 430 g/mol. The van der Waals surface area contributed by atoms with Gasteiger partial charge in [-0.2, -0.15) is 0 Å². The first-order valence-corrected chi connectivity index (χ1v) is 11.9. The van der Waals surface area contributed by atoms with Crippen LogP contribution in [0.5, 0.6) is 5.75 Å². The number of nitrogens with zero attached hydrogens (tertiary/aromatic N) is 2. The molecule has 1 aliphatic rings.